The van der Waals surface area contributed by atoms with Crippen LogP contribution in [-0.4, -0.2) is 19.6 Å². The minimum atomic E-state index is -0.244. The summed E-state index contributed by atoms with van der Waals surface area (Å²) in [6.45, 7) is 4.39. The summed E-state index contributed by atoms with van der Waals surface area (Å²) in [4.78, 5) is 9.74. The molecule has 0 bridgehead atoms. The molecule has 0 atom stereocenters. The van der Waals surface area contributed by atoms with Gasteiger partial charge in [0.25, 0.3) is 0 Å². The van der Waals surface area contributed by atoms with E-state index in [1.807, 2.05) is 53.2 Å². The molecule has 1 N–H and O–H groups in total. The molecule has 0 amide bonds. The van der Waals surface area contributed by atoms with Gasteiger partial charge in [-0.2, -0.15) is 0 Å². The van der Waals surface area contributed by atoms with Crippen molar-refractivity contribution in [3.05, 3.63) is 121 Å². The smallest absolute Gasteiger partial charge is 0.146 e. The summed E-state index contributed by atoms with van der Waals surface area (Å²) in [5.74, 6) is 0.224. The third-order valence-corrected chi connectivity index (χ3v) is 6.83. The average molecular weight is 456 g/mol. The van der Waals surface area contributed by atoms with E-state index in [9.17, 15) is 5.11 Å². The highest BCUT2D eigenvalue weighted by atomic mass is 16.3. The lowest BCUT2D eigenvalue weighted by Crippen LogP contribution is -2.20. The van der Waals surface area contributed by atoms with Crippen molar-refractivity contribution in [2.45, 2.75) is 19.3 Å². The van der Waals surface area contributed by atoms with E-state index in [0.29, 0.717) is 5.69 Å². The molecule has 4 nitrogen and oxygen atoms in total. The molecule has 0 aliphatic rings. The summed E-state index contributed by atoms with van der Waals surface area (Å²) < 4.78 is 2.05. The van der Waals surface area contributed by atoms with Crippen LogP contribution in [0.3, 0.4) is 0 Å². The van der Waals surface area contributed by atoms with E-state index in [1.54, 1.807) is 6.07 Å². The maximum Gasteiger partial charge on any atom is 0.146 e. The standard InChI is InChI=1S/C31H25N3O/c1-31(2,29-16-7-8-19-32-29)22-11-9-10-21(20-22)25-18-17-24-23-12-3-4-13-26(23)34(30(24)33-25)27-14-5-6-15-28(27)35/h3-20,35H,1-2H3. The van der Waals surface area contributed by atoms with Crippen molar-refractivity contribution in [3.63, 3.8) is 0 Å². The number of fused-ring (bicyclic) bond motifs is 3. The number of para-hydroxylation sites is 3. The number of pyridine rings is 2. The Bertz CT molecular complexity index is 1680. The molecule has 170 valence electrons. The summed E-state index contributed by atoms with van der Waals surface area (Å²) >= 11 is 0. The Kier molecular flexibility index (Phi) is 4.89. The summed E-state index contributed by atoms with van der Waals surface area (Å²) in [5, 5.41) is 12.8. The van der Waals surface area contributed by atoms with Crippen molar-refractivity contribution >= 4 is 21.9 Å². The van der Waals surface area contributed by atoms with Crippen LogP contribution in [-0.2, 0) is 5.41 Å². The van der Waals surface area contributed by atoms with Crippen LogP contribution in [0.1, 0.15) is 25.1 Å². The molecule has 0 aliphatic carbocycles. The van der Waals surface area contributed by atoms with Gasteiger partial charge in [0.1, 0.15) is 11.4 Å². The number of phenols is 1. The van der Waals surface area contributed by atoms with Gasteiger partial charge in [0.2, 0.25) is 0 Å². The largest absolute Gasteiger partial charge is 0.506 e. The van der Waals surface area contributed by atoms with Crippen LogP contribution in [0.25, 0.3) is 38.9 Å². The van der Waals surface area contributed by atoms with Gasteiger partial charge in [-0.15, -0.1) is 0 Å². The average Bonchev–Trinajstić information content (AvgIpc) is 3.23. The van der Waals surface area contributed by atoms with Crippen LogP contribution in [0.15, 0.2) is 109 Å². The SMILES string of the molecule is CC(C)(c1cccc(-c2ccc3c4ccccc4n(-c4ccccc4O)c3n2)c1)c1ccccn1. The topological polar surface area (TPSA) is 50.9 Å². The Morgan fingerprint density at radius 2 is 1.54 bits per heavy atom. The number of hydrogen-bond donors (Lipinski definition) is 1. The normalized spacial score (nSPS) is 11.8. The van der Waals surface area contributed by atoms with Crippen LogP contribution >= 0.6 is 0 Å². The zero-order valence-corrected chi connectivity index (χ0v) is 19.7. The lowest BCUT2D eigenvalue weighted by molar-refractivity contribution is 0.473. The van der Waals surface area contributed by atoms with E-state index in [0.717, 1.165) is 38.9 Å². The summed E-state index contributed by atoms with van der Waals surface area (Å²) in [6.07, 6.45) is 1.84. The first-order chi connectivity index (χ1) is 17.0. The molecular weight excluding hydrogens is 430 g/mol. The van der Waals surface area contributed by atoms with E-state index in [2.05, 4.69) is 73.4 Å². The predicted octanol–water partition coefficient (Wildman–Crippen LogP) is 7.27. The quantitative estimate of drug-likeness (QED) is 0.304. The zero-order chi connectivity index (χ0) is 24.0. The van der Waals surface area contributed by atoms with Gasteiger partial charge < -0.3 is 5.11 Å². The number of phenolic OH excluding ortho intramolecular Hbond substituents is 1. The molecule has 0 aliphatic heterocycles. The Hall–Kier alpha value is -4.44. The van der Waals surface area contributed by atoms with Gasteiger partial charge in [0, 0.05) is 27.9 Å². The first-order valence-electron chi connectivity index (χ1n) is 11.7. The molecule has 0 fully saturated rings. The number of nitrogens with zero attached hydrogens (tertiary/aromatic N) is 3. The van der Waals surface area contributed by atoms with E-state index in [-0.39, 0.29) is 11.2 Å². The Labute approximate surface area is 204 Å². The third kappa shape index (κ3) is 3.46. The summed E-state index contributed by atoms with van der Waals surface area (Å²) in [7, 11) is 0. The van der Waals surface area contributed by atoms with E-state index in [4.69, 9.17) is 4.98 Å². The predicted molar refractivity (Wildman–Crippen MR) is 142 cm³/mol. The zero-order valence-electron chi connectivity index (χ0n) is 19.7. The number of benzene rings is 3. The van der Waals surface area contributed by atoms with Crippen LogP contribution in [0.4, 0.5) is 0 Å². The van der Waals surface area contributed by atoms with Crippen molar-refractivity contribution in [1.82, 2.24) is 14.5 Å². The maximum absolute atomic E-state index is 10.7. The van der Waals surface area contributed by atoms with Crippen molar-refractivity contribution < 1.29 is 5.11 Å². The fraction of sp³-hybridized carbons (Fsp3) is 0.0968. The fourth-order valence-corrected chi connectivity index (χ4v) is 4.85. The van der Waals surface area contributed by atoms with Crippen LogP contribution < -0.4 is 0 Å². The highest BCUT2D eigenvalue weighted by Crippen LogP contribution is 2.36. The van der Waals surface area contributed by atoms with E-state index in [1.165, 1.54) is 5.56 Å². The Morgan fingerprint density at radius 3 is 2.37 bits per heavy atom. The molecule has 3 aromatic carbocycles. The Morgan fingerprint density at radius 1 is 0.743 bits per heavy atom. The van der Waals surface area contributed by atoms with Gasteiger partial charge in [-0.3, -0.25) is 9.55 Å². The highest BCUT2D eigenvalue weighted by Gasteiger charge is 2.25. The molecule has 0 saturated heterocycles. The van der Waals surface area contributed by atoms with Gasteiger partial charge in [-0.25, -0.2) is 4.98 Å². The molecule has 3 aromatic heterocycles. The lowest BCUT2D eigenvalue weighted by atomic mass is 9.80. The highest BCUT2D eigenvalue weighted by molar-refractivity contribution is 6.08. The number of hydrogen-bond acceptors (Lipinski definition) is 3. The summed E-state index contributed by atoms with van der Waals surface area (Å²) in [5.41, 5.74) is 6.44. The van der Waals surface area contributed by atoms with E-state index >= 15 is 0 Å². The first kappa shape index (κ1) is 21.1. The van der Waals surface area contributed by atoms with Crippen LogP contribution in [0.5, 0.6) is 5.75 Å². The van der Waals surface area contributed by atoms with Gasteiger partial charge in [0.05, 0.1) is 22.6 Å². The van der Waals surface area contributed by atoms with Crippen LogP contribution in [0, 0.1) is 0 Å². The third-order valence-electron chi connectivity index (χ3n) is 6.83. The monoisotopic (exact) mass is 455 g/mol. The minimum absolute atomic E-state index is 0.224. The molecule has 3 heterocycles. The van der Waals surface area contributed by atoms with E-state index < -0.39 is 0 Å². The van der Waals surface area contributed by atoms with Crippen LogP contribution in [0.2, 0.25) is 0 Å². The second-order valence-corrected chi connectivity index (χ2v) is 9.33. The van der Waals surface area contributed by atoms with Gasteiger partial charge in [0.15, 0.2) is 0 Å². The van der Waals surface area contributed by atoms with Gasteiger partial charge >= 0.3 is 0 Å². The Balaban J connectivity index is 1.55. The molecule has 35 heavy (non-hydrogen) atoms. The minimum Gasteiger partial charge on any atom is -0.506 e. The van der Waals surface area contributed by atoms with Crippen molar-refractivity contribution in [3.8, 4) is 22.7 Å². The van der Waals surface area contributed by atoms with Gasteiger partial charge in [-0.1, -0.05) is 68.4 Å². The lowest BCUT2D eigenvalue weighted by Gasteiger charge is -2.25. The van der Waals surface area contributed by atoms with Crippen molar-refractivity contribution in [1.29, 1.82) is 0 Å². The summed E-state index contributed by atoms with van der Waals surface area (Å²) in [6, 6.07) is 34.4. The number of aromatic nitrogens is 3. The molecule has 0 unspecified atom stereocenters. The van der Waals surface area contributed by atoms with Crippen molar-refractivity contribution in [2.75, 3.05) is 0 Å². The molecule has 6 aromatic rings. The molecule has 0 radical (unpaired) electrons. The second kappa shape index (κ2) is 8.10. The second-order valence-electron chi connectivity index (χ2n) is 9.33. The maximum atomic E-state index is 10.7. The van der Waals surface area contributed by atoms with Crippen molar-refractivity contribution in [2.24, 2.45) is 0 Å². The molecule has 4 heteroatoms. The molecule has 6 rings (SSSR count). The number of aromatic hydroxyl groups is 1. The fourth-order valence-electron chi connectivity index (χ4n) is 4.85. The molecule has 0 saturated carbocycles. The first-order valence-corrected chi connectivity index (χ1v) is 11.7. The number of rotatable bonds is 4. The molecule has 0 spiro atoms. The molecular formula is C31H25N3O. The van der Waals surface area contributed by atoms with Gasteiger partial charge in [-0.05, 0) is 54.1 Å².